The highest BCUT2D eigenvalue weighted by molar-refractivity contribution is 6.54. The third kappa shape index (κ3) is 10.5. The molecule has 3 heteroatoms. The molecule has 0 aromatic carbocycles. The van der Waals surface area contributed by atoms with Crippen LogP contribution in [-0.4, -0.2) is 19.5 Å². The van der Waals surface area contributed by atoms with Crippen LogP contribution in [0, 0.1) is 0 Å². The second kappa shape index (κ2) is 11.5. The quantitative estimate of drug-likeness (QED) is 0.408. The van der Waals surface area contributed by atoms with Gasteiger partial charge in [0.15, 0.2) is 9.04 Å². The Morgan fingerprint density at radius 3 is 1.93 bits per heavy atom. The summed E-state index contributed by atoms with van der Waals surface area (Å²) in [6.07, 6.45) is 11.2. The highest BCUT2D eigenvalue weighted by atomic mass is 28.3. The summed E-state index contributed by atoms with van der Waals surface area (Å²) in [6.45, 7) is 4.48. The predicted octanol–water partition coefficient (Wildman–Crippen LogP) is 3.85. The number of rotatable bonds is 10. The molecule has 0 bridgehead atoms. The molecular weight excluding hydrogens is 204 g/mol. The largest absolute Gasteiger partial charge is 0.457 e. The molecule has 0 saturated heterocycles. The fraction of sp³-hybridized carbons (Fsp3) is 1.00. The van der Waals surface area contributed by atoms with E-state index in [2.05, 4.69) is 24.0 Å². The summed E-state index contributed by atoms with van der Waals surface area (Å²) in [6, 6.07) is 1.28. The summed E-state index contributed by atoms with van der Waals surface area (Å²) in [5.74, 6) is 0. The van der Waals surface area contributed by atoms with Gasteiger partial charge in [0.25, 0.3) is 0 Å². The predicted molar refractivity (Wildman–Crippen MR) is 65.9 cm³/mol. The Hall–Kier alpha value is 0.394. The lowest BCUT2D eigenvalue weighted by Gasteiger charge is -2.05. The lowest BCUT2D eigenvalue weighted by molar-refractivity contribution is 0.575. The van der Waals surface area contributed by atoms with Gasteiger partial charge in [0.2, 0.25) is 10.5 Å². The smallest absolute Gasteiger partial charge is 0.229 e. The first-order chi connectivity index (χ1) is 6.81. The molecule has 0 heterocycles. The Balaban J connectivity index is 2.92. The summed E-state index contributed by atoms with van der Waals surface area (Å²) in [5.41, 5.74) is 0. The number of hydrogen-bond acceptors (Lipinski definition) is 1. The zero-order valence-corrected chi connectivity index (χ0v) is 11.8. The zero-order valence-electron chi connectivity index (χ0n) is 9.77. The van der Waals surface area contributed by atoms with E-state index in [1.54, 1.807) is 0 Å². The third-order valence-electron chi connectivity index (χ3n) is 2.56. The molecule has 0 fully saturated rings. The van der Waals surface area contributed by atoms with Crippen molar-refractivity contribution >= 4 is 19.5 Å². The van der Waals surface area contributed by atoms with Gasteiger partial charge < -0.3 is 4.12 Å². The minimum atomic E-state index is -0.516. The molecular formula is C11H24OSi2. The van der Waals surface area contributed by atoms with E-state index in [0.717, 1.165) is 0 Å². The first-order valence-electron chi connectivity index (χ1n) is 5.97. The molecule has 1 nitrogen and oxygen atoms in total. The van der Waals surface area contributed by atoms with Crippen LogP contribution in [0.4, 0.5) is 0 Å². The molecule has 0 aliphatic carbocycles. The van der Waals surface area contributed by atoms with E-state index in [0.29, 0.717) is 0 Å². The second-order valence-electron chi connectivity index (χ2n) is 4.03. The number of hydrogen-bond donors (Lipinski definition) is 0. The molecule has 0 aromatic heterocycles. The fourth-order valence-electron chi connectivity index (χ4n) is 1.56. The summed E-state index contributed by atoms with van der Waals surface area (Å²) in [5, 5.41) is 0. The summed E-state index contributed by atoms with van der Waals surface area (Å²) < 4.78 is 5.12. The van der Waals surface area contributed by atoms with Crippen LogP contribution >= 0.6 is 0 Å². The maximum absolute atomic E-state index is 5.12. The standard InChI is InChI=1S/C11H24OSi2/c1-3-4-5-6-7-8-9-10-11-14(2)12-13/h3-11H2,1-2H3. The van der Waals surface area contributed by atoms with Crippen LogP contribution in [0.3, 0.4) is 0 Å². The topological polar surface area (TPSA) is 9.23 Å². The first-order valence-corrected chi connectivity index (χ1v) is 8.49. The fourth-order valence-corrected chi connectivity index (χ4v) is 2.71. The molecule has 0 aromatic rings. The van der Waals surface area contributed by atoms with Crippen LogP contribution in [0.5, 0.6) is 0 Å². The average Bonchev–Trinajstić information content (AvgIpc) is 2.21. The van der Waals surface area contributed by atoms with Crippen molar-refractivity contribution in [3.63, 3.8) is 0 Å². The molecule has 0 N–H and O–H groups in total. The van der Waals surface area contributed by atoms with Gasteiger partial charge >= 0.3 is 0 Å². The third-order valence-corrected chi connectivity index (χ3v) is 5.01. The van der Waals surface area contributed by atoms with Crippen molar-refractivity contribution in [2.45, 2.75) is 70.9 Å². The number of unbranched alkanes of at least 4 members (excludes halogenated alkanes) is 7. The molecule has 4 radical (unpaired) electrons. The van der Waals surface area contributed by atoms with Crippen molar-refractivity contribution in [2.75, 3.05) is 0 Å². The molecule has 14 heavy (non-hydrogen) atoms. The maximum Gasteiger partial charge on any atom is 0.229 e. The molecule has 0 unspecified atom stereocenters. The van der Waals surface area contributed by atoms with Crippen molar-refractivity contribution in [3.05, 3.63) is 0 Å². The summed E-state index contributed by atoms with van der Waals surface area (Å²) in [4.78, 5) is 0. The van der Waals surface area contributed by atoms with Gasteiger partial charge in [-0.25, -0.2) is 0 Å². The van der Waals surface area contributed by atoms with Gasteiger partial charge in [0.1, 0.15) is 0 Å². The molecule has 0 rings (SSSR count). The minimum Gasteiger partial charge on any atom is -0.457 e. The van der Waals surface area contributed by atoms with Gasteiger partial charge in [0, 0.05) is 0 Å². The molecule has 0 aliphatic rings. The van der Waals surface area contributed by atoms with Crippen LogP contribution in [0.15, 0.2) is 0 Å². The van der Waals surface area contributed by atoms with Crippen molar-refractivity contribution in [1.82, 2.24) is 0 Å². The highest BCUT2D eigenvalue weighted by Crippen LogP contribution is 2.10. The van der Waals surface area contributed by atoms with Crippen LogP contribution < -0.4 is 0 Å². The lowest BCUT2D eigenvalue weighted by atomic mass is 10.1. The van der Waals surface area contributed by atoms with Crippen molar-refractivity contribution in [2.24, 2.45) is 0 Å². The first kappa shape index (κ1) is 14.4. The maximum atomic E-state index is 5.12. The zero-order chi connectivity index (χ0) is 10.6. The van der Waals surface area contributed by atoms with E-state index in [9.17, 15) is 0 Å². The Labute approximate surface area is 94.9 Å². The van der Waals surface area contributed by atoms with Crippen LogP contribution in [0.25, 0.3) is 0 Å². The summed E-state index contributed by atoms with van der Waals surface area (Å²) >= 11 is 0. The Morgan fingerprint density at radius 1 is 0.929 bits per heavy atom. The Kier molecular flexibility index (Phi) is 11.8. The molecule has 0 atom stereocenters. The Bertz CT molecular complexity index is 109. The molecule has 0 aliphatic heterocycles. The van der Waals surface area contributed by atoms with Crippen molar-refractivity contribution < 1.29 is 4.12 Å². The van der Waals surface area contributed by atoms with E-state index in [-0.39, 0.29) is 0 Å². The van der Waals surface area contributed by atoms with E-state index in [1.165, 1.54) is 57.4 Å². The van der Waals surface area contributed by atoms with Gasteiger partial charge in [-0.05, 0) is 12.6 Å². The second-order valence-corrected chi connectivity index (χ2v) is 6.75. The van der Waals surface area contributed by atoms with E-state index in [1.807, 2.05) is 0 Å². The van der Waals surface area contributed by atoms with E-state index in [4.69, 9.17) is 4.12 Å². The van der Waals surface area contributed by atoms with Crippen LogP contribution in [0.2, 0.25) is 12.6 Å². The Morgan fingerprint density at radius 2 is 1.43 bits per heavy atom. The van der Waals surface area contributed by atoms with Crippen molar-refractivity contribution in [3.8, 4) is 0 Å². The van der Waals surface area contributed by atoms with Gasteiger partial charge in [-0.1, -0.05) is 58.3 Å². The van der Waals surface area contributed by atoms with E-state index < -0.39 is 9.04 Å². The van der Waals surface area contributed by atoms with Crippen LogP contribution in [-0.2, 0) is 4.12 Å². The SMILES string of the molecule is CCCCCCCCCC[Si](C)O[Si]. The molecule has 0 saturated carbocycles. The van der Waals surface area contributed by atoms with E-state index >= 15 is 0 Å². The normalized spacial score (nSPS) is 11.1. The molecule has 0 spiro atoms. The average molecular weight is 228 g/mol. The highest BCUT2D eigenvalue weighted by Gasteiger charge is 2.01. The van der Waals surface area contributed by atoms with Crippen LogP contribution in [0.1, 0.15) is 58.3 Å². The van der Waals surface area contributed by atoms with Gasteiger partial charge in [-0.2, -0.15) is 0 Å². The minimum absolute atomic E-state index is 0.516. The lowest BCUT2D eigenvalue weighted by Crippen LogP contribution is -2.09. The molecule has 82 valence electrons. The molecule has 0 amide bonds. The van der Waals surface area contributed by atoms with Gasteiger partial charge in [-0.3, -0.25) is 0 Å². The monoisotopic (exact) mass is 228 g/mol. The summed E-state index contributed by atoms with van der Waals surface area (Å²) in [7, 11) is 2.60. The van der Waals surface area contributed by atoms with Gasteiger partial charge in [0.05, 0.1) is 0 Å². The van der Waals surface area contributed by atoms with Crippen molar-refractivity contribution in [1.29, 1.82) is 0 Å². The van der Waals surface area contributed by atoms with Gasteiger partial charge in [-0.15, -0.1) is 0 Å².